The van der Waals surface area contributed by atoms with E-state index in [9.17, 15) is 4.79 Å². The van der Waals surface area contributed by atoms with Gasteiger partial charge in [-0.15, -0.1) is 0 Å². The number of aliphatic carboxylic acids is 1. The SMILES string of the molecule is O=C(O)C(O)c1ccccc1.[AlH3]. The Kier molecular flexibility index (Phi) is 4.60. The summed E-state index contributed by atoms with van der Waals surface area (Å²) in [7, 11) is 0. The molecular weight excluding hydrogens is 171 g/mol. The molecule has 3 nitrogen and oxygen atoms in total. The molecule has 4 heteroatoms. The van der Waals surface area contributed by atoms with E-state index in [4.69, 9.17) is 10.2 Å². The summed E-state index contributed by atoms with van der Waals surface area (Å²) in [5.74, 6) is -1.23. The second-order valence-electron chi connectivity index (χ2n) is 2.15. The predicted molar refractivity (Wildman–Crippen MR) is 49.0 cm³/mol. The Labute approximate surface area is 80.8 Å². The Morgan fingerprint density at radius 1 is 1.25 bits per heavy atom. The quantitative estimate of drug-likeness (QED) is 0.613. The van der Waals surface area contributed by atoms with Gasteiger partial charge in [-0.05, 0) is 5.56 Å². The second-order valence-corrected chi connectivity index (χ2v) is 2.15. The van der Waals surface area contributed by atoms with Crippen LogP contribution in [0.5, 0.6) is 0 Å². The lowest BCUT2D eigenvalue weighted by molar-refractivity contribution is -0.146. The van der Waals surface area contributed by atoms with Crippen molar-refractivity contribution in [3.05, 3.63) is 35.9 Å². The van der Waals surface area contributed by atoms with Gasteiger partial charge in [-0.3, -0.25) is 0 Å². The molecule has 0 saturated heterocycles. The van der Waals surface area contributed by atoms with Gasteiger partial charge in [0.25, 0.3) is 0 Å². The number of benzene rings is 1. The highest BCUT2D eigenvalue weighted by molar-refractivity contribution is 5.75. The van der Waals surface area contributed by atoms with Crippen LogP contribution in [0.15, 0.2) is 30.3 Å². The summed E-state index contributed by atoms with van der Waals surface area (Å²) in [6, 6.07) is 8.26. The first kappa shape index (κ1) is 11.2. The van der Waals surface area contributed by atoms with E-state index < -0.39 is 12.1 Å². The Bertz CT molecular complexity index is 248. The van der Waals surface area contributed by atoms with E-state index in [1.807, 2.05) is 0 Å². The number of aliphatic hydroxyl groups is 1. The number of carbonyl (C=O) groups is 1. The molecule has 1 aromatic rings. The summed E-state index contributed by atoms with van der Waals surface area (Å²) in [5.41, 5.74) is 0.403. The summed E-state index contributed by atoms with van der Waals surface area (Å²) in [6.45, 7) is 0. The molecule has 0 spiro atoms. The number of rotatable bonds is 2. The van der Waals surface area contributed by atoms with Gasteiger partial charge < -0.3 is 10.2 Å². The van der Waals surface area contributed by atoms with Crippen molar-refractivity contribution in [3.63, 3.8) is 0 Å². The smallest absolute Gasteiger partial charge is 0.337 e. The summed E-state index contributed by atoms with van der Waals surface area (Å²) in [4.78, 5) is 10.2. The lowest BCUT2D eigenvalue weighted by Gasteiger charge is -2.03. The van der Waals surface area contributed by atoms with Crippen molar-refractivity contribution in [3.8, 4) is 0 Å². The largest absolute Gasteiger partial charge is 0.479 e. The number of hydrogen-bond donors (Lipinski definition) is 2. The molecule has 0 aliphatic carbocycles. The molecule has 1 rings (SSSR count). The Morgan fingerprint density at radius 2 is 1.75 bits per heavy atom. The third-order valence-corrected chi connectivity index (χ3v) is 1.35. The highest BCUT2D eigenvalue weighted by atomic mass is 27.0. The maximum atomic E-state index is 10.2. The van der Waals surface area contributed by atoms with E-state index in [-0.39, 0.29) is 17.4 Å². The van der Waals surface area contributed by atoms with Crippen LogP contribution in [0.3, 0.4) is 0 Å². The maximum absolute atomic E-state index is 10.2. The predicted octanol–water partition coefficient (Wildman–Crippen LogP) is -0.379. The third kappa shape index (κ3) is 2.67. The van der Waals surface area contributed by atoms with E-state index in [2.05, 4.69) is 0 Å². The molecule has 0 heterocycles. The van der Waals surface area contributed by atoms with Crippen molar-refractivity contribution in [2.75, 3.05) is 0 Å². The first-order chi connectivity index (χ1) is 5.22. The van der Waals surface area contributed by atoms with E-state index >= 15 is 0 Å². The first-order valence-electron chi connectivity index (χ1n) is 3.17. The molecule has 0 amide bonds. The fourth-order valence-electron chi connectivity index (χ4n) is 0.778. The normalized spacial score (nSPS) is 11.4. The highest BCUT2D eigenvalue weighted by Crippen LogP contribution is 2.10. The summed E-state index contributed by atoms with van der Waals surface area (Å²) < 4.78 is 0. The van der Waals surface area contributed by atoms with E-state index in [1.54, 1.807) is 30.3 Å². The molecule has 2 N–H and O–H groups in total. The average molecular weight is 182 g/mol. The average Bonchev–Trinajstić information content (AvgIpc) is 2.05. The lowest BCUT2D eigenvalue weighted by atomic mass is 10.1. The molecule has 0 fully saturated rings. The van der Waals surface area contributed by atoms with Gasteiger partial charge in [0.15, 0.2) is 23.5 Å². The monoisotopic (exact) mass is 182 g/mol. The number of carboxylic acid groups (broad SMARTS) is 1. The van der Waals surface area contributed by atoms with Gasteiger partial charge in [-0.1, -0.05) is 30.3 Å². The molecule has 1 atom stereocenters. The fraction of sp³-hybridized carbons (Fsp3) is 0.125. The molecule has 1 unspecified atom stereocenters. The second kappa shape index (κ2) is 4.94. The molecule has 12 heavy (non-hydrogen) atoms. The van der Waals surface area contributed by atoms with Crippen molar-refractivity contribution in [2.24, 2.45) is 0 Å². The van der Waals surface area contributed by atoms with Crippen LogP contribution in [0.2, 0.25) is 0 Å². The van der Waals surface area contributed by atoms with Crippen LogP contribution in [0, 0.1) is 0 Å². The number of carboxylic acids is 1. The van der Waals surface area contributed by atoms with Crippen molar-refractivity contribution < 1.29 is 15.0 Å². The molecule has 0 aliphatic rings. The molecule has 0 radical (unpaired) electrons. The minimum Gasteiger partial charge on any atom is -0.479 e. The van der Waals surface area contributed by atoms with Gasteiger partial charge >= 0.3 is 5.97 Å². The van der Waals surface area contributed by atoms with E-state index in [0.29, 0.717) is 5.56 Å². The molecule has 0 aliphatic heterocycles. The lowest BCUT2D eigenvalue weighted by Crippen LogP contribution is -2.09. The molecule has 0 aromatic heterocycles. The van der Waals surface area contributed by atoms with Crippen LogP contribution >= 0.6 is 0 Å². The number of aliphatic hydroxyl groups excluding tert-OH is 1. The standard InChI is InChI=1S/C8H8O3.Al.3H/c9-7(8(10)11)6-4-2-1-3-5-6;;;;/h1-5,7,9H,(H,10,11);;;;. The van der Waals surface area contributed by atoms with Crippen LogP contribution in [-0.4, -0.2) is 33.5 Å². The van der Waals surface area contributed by atoms with Crippen molar-refractivity contribution in [1.29, 1.82) is 0 Å². The van der Waals surface area contributed by atoms with Crippen molar-refractivity contribution in [1.82, 2.24) is 0 Å². The fourth-order valence-corrected chi connectivity index (χ4v) is 0.778. The Hall–Kier alpha value is -0.818. The highest BCUT2D eigenvalue weighted by Gasteiger charge is 2.14. The van der Waals surface area contributed by atoms with Crippen LogP contribution in [0.25, 0.3) is 0 Å². The zero-order valence-electron chi connectivity index (χ0n) is 5.77. The summed E-state index contributed by atoms with van der Waals surface area (Å²) >= 11 is 0. The Balaban J connectivity index is 0.00000121. The molecule has 0 saturated carbocycles. The van der Waals surface area contributed by atoms with E-state index in [1.165, 1.54) is 0 Å². The van der Waals surface area contributed by atoms with Crippen LogP contribution in [0.4, 0.5) is 0 Å². The zero-order valence-corrected chi connectivity index (χ0v) is 5.77. The van der Waals surface area contributed by atoms with Gasteiger partial charge in [0, 0.05) is 0 Å². The topological polar surface area (TPSA) is 57.5 Å². The van der Waals surface area contributed by atoms with Crippen molar-refractivity contribution in [2.45, 2.75) is 6.10 Å². The summed E-state index contributed by atoms with van der Waals surface area (Å²) in [5, 5.41) is 17.4. The molecular formula is C8H11AlO3. The molecule has 1 aromatic carbocycles. The molecule has 64 valence electrons. The van der Waals surface area contributed by atoms with E-state index in [0.717, 1.165) is 0 Å². The van der Waals surface area contributed by atoms with Gasteiger partial charge in [0.2, 0.25) is 0 Å². The Morgan fingerprint density at radius 3 is 2.17 bits per heavy atom. The minimum atomic E-state index is -1.41. The van der Waals surface area contributed by atoms with Gasteiger partial charge in [0.05, 0.1) is 0 Å². The zero-order chi connectivity index (χ0) is 8.27. The molecule has 0 bridgehead atoms. The minimum absolute atomic E-state index is 0. The summed E-state index contributed by atoms with van der Waals surface area (Å²) in [6.07, 6.45) is -1.41. The number of hydrogen-bond acceptors (Lipinski definition) is 2. The van der Waals surface area contributed by atoms with Crippen LogP contribution in [0.1, 0.15) is 11.7 Å². The van der Waals surface area contributed by atoms with Gasteiger partial charge in [-0.2, -0.15) is 0 Å². The first-order valence-corrected chi connectivity index (χ1v) is 3.17. The third-order valence-electron chi connectivity index (χ3n) is 1.35. The van der Waals surface area contributed by atoms with Crippen LogP contribution < -0.4 is 0 Å². The van der Waals surface area contributed by atoms with Gasteiger partial charge in [-0.25, -0.2) is 4.79 Å². The van der Waals surface area contributed by atoms with Gasteiger partial charge in [0.1, 0.15) is 0 Å². The maximum Gasteiger partial charge on any atom is 0.337 e. The van der Waals surface area contributed by atoms with Crippen LogP contribution in [-0.2, 0) is 4.79 Å². The van der Waals surface area contributed by atoms with Crippen molar-refractivity contribution >= 4 is 23.3 Å².